The van der Waals surface area contributed by atoms with E-state index in [4.69, 9.17) is 22.7 Å². The van der Waals surface area contributed by atoms with Gasteiger partial charge in [-0.2, -0.15) is 0 Å². The molecule has 1 amide bonds. The van der Waals surface area contributed by atoms with Gasteiger partial charge in [-0.05, 0) is 24.6 Å². The van der Waals surface area contributed by atoms with Gasteiger partial charge in [-0.3, -0.25) is 4.79 Å². The molecule has 0 spiro atoms. The number of methoxy groups -OCH3 is 1. The number of nitrogens with two attached hydrogens (primary N) is 1. The SMILES string of the molecule is COCCN(CCC(N)=S)C(=O)c1ccc(C)c(F)c1. The molecule has 0 atom stereocenters. The number of ether oxygens (including phenoxy) is 1. The molecule has 0 fully saturated rings. The van der Waals surface area contributed by atoms with Crippen molar-refractivity contribution < 1.29 is 13.9 Å². The highest BCUT2D eigenvalue weighted by Gasteiger charge is 2.16. The highest BCUT2D eigenvalue weighted by atomic mass is 32.1. The Bertz CT molecular complexity index is 494. The second kappa shape index (κ2) is 7.91. The van der Waals surface area contributed by atoms with Gasteiger partial charge >= 0.3 is 0 Å². The van der Waals surface area contributed by atoms with Gasteiger partial charge in [0.05, 0.1) is 11.6 Å². The number of thiocarbonyl (C=S) groups is 1. The Morgan fingerprint density at radius 2 is 2.15 bits per heavy atom. The van der Waals surface area contributed by atoms with Crippen LogP contribution in [0.4, 0.5) is 4.39 Å². The van der Waals surface area contributed by atoms with Crippen LogP contribution < -0.4 is 5.73 Å². The summed E-state index contributed by atoms with van der Waals surface area (Å²) < 4.78 is 18.5. The minimum Gasteiger partial charge on any atom is -0.393 e. The smallest absolute Gasteiger partial charge is 0.254 e. The normalized spacial score (nSPS) is 10.3. The van der Waals surface area contributed by atoms with Crippen molar-refractivity contribution >= 4 is 23.1 Å². The molecule has 1 aromatic carbocycles. The van der Waals surface area contributed by atoms with E-state index in [1.807, 2.05) is 0 Å². The maximum Gasteiger partial charge on any atom is 0.254 e. The Kier molecular flexibility index (Phi) is 6.54. The van der Waals surface area contributed by atoms with Gasteiger partial charge in [0, 0.05) is 32.2 Å². The summed E-state index contributed by atoms with van der Waals surface area (Å²) in [5.74, 6) is -0.644. The molecule has 0 aliphatic heterocycles. The fourth-order valence-electron chi connectivity index (χ4n) is 1.67. The molecule has 0 heterocycles. The standard InChI is InChI=1S/C14H19FN2O2S/c1-10-3-4-11(9-12(10)15)14(18)17(7-8-19-2)6-5-13(16)20/h3-4,9H,5-8H2,1-2H3,(H2,16,20). The average Bonchev–Trinajstić information content (AvgIpc) is 2.41. The fourth-order valence-corrected chi connectivity index (χ4v) is 1.76. The molecule has 0 unspecified atom stereocenters. The zero-order valence-electron chi connectivity index (χ0n) is 11.7. The van der Waals surface area contributed by atoms with Crippen LogP contribution >= 0.6 is 12.2 Å². The first-order chi connectivity index (χ1) is 9.45. The molecule has 2 N–H and O–H groups in total. The number of hydrogen-bond acceptors (Lipinski definition) is 3. The summed E-state index contributed by atoms with van der Waals surface area (Å²) in [4.78, 5) is 14.3. The predicted octanol–water partition coefficient (Wildman–Crippen LogP) is 1.90. The van der Waals surface area contributed by atoms with Crippen LogP contribution in [0.3, 0.4) is 0 Å². The monoisotopic (exact) mass is 298 g/mol. The van der Waals surface area contributed by atoms with E-state index in [-0.39, 0.29) is 5.91 Å². The van der Waals surface area contributed by atoms with Crippen LogP contribution in [0, 0.1) is 12.7 Å². The van der Waals surface area contributed by atoms with Gasteiger partial charge in [0.25, 0.3) is 5.91 Å². The van der Waals surface area contributed by atoms with Crippen LogP contribution in [-0.4, -0.2) is 42.6 Å². The number of nitrogens with zero attached hydrogens (tertiary/aromatic N) is 1. The zero-order chi connectivity index (χ0) is 15.1. The number of halogens is 1. The first kappa shape index (κ1) is 16.5. The van der Waals surface area contributed by atoms with Crippen molar-refractivity contribution in [3.05, 3.63) is 35.1 Å². The third-order valence-corrected chi connectivity index (χ3v) is 3.10. The summed E-state index contributed by atoms with van der Waals surface area (Å²) in [6, 6.07) is 4.45. The summed E-state index contributed by atoms with van der Waals surface area (Å²) in [5, 5.41) is 0. The zero-order valence-corrected chi connectivity index (χ0v) is 12.5. The van der Waals surface area contributed by atoms with E-state index in [0.717, 1.165) is 0 Å². The molecule has 0 aliphatic rings. The number of hydrogen-bond donors (Lipinski definition) is 1. The summed E-state index contributed by atoms with van der Waals surface area (Å²) in [5.41, 5.74) is 6.27. The van der Waals surface area contributed by atoms with Crippen LogP contribution in [0.5, 0.6) is 0 Å². The number of benzene rings is 1. The number of rotatable bonds is 7. The van der Waals surface area contributed by atoms with Gasteiger partial charge in [0.2, 0.25) is 0 Å². The van der Waals surface area contributed by atoms with Gasteiger partial charge in [0.1, 0.15) is 5.82 Å². The molecule has 6 heteroatoms. The molecule has 0 bridgehead atoms. The third kappa shape index (κ3) is 4.86. The second-order valence-electron chi connectivity index (χ2n) is 4.47. The van der Waals surface area contributed by atoms with E-state index in [0.29, 0.717) is 42.2 Å². The van der Waals surface area contributed by atoms with E-state index < -0.39 is 5.82 Å². The van der Waals surface area contributed by atoms with Crippen LogP contribution in [0.15, 0.2) is 18.2 Å². The van der Waals surface area contributed by atoms with Crippen molar-refractivity contribution in [3.8, 4) is 0 Å². The van der Waals surface area contributed by atoms with Crippen molar-refractivity contribution in [2.45, 2.75) is 13.3 Å². The largest absolute Gasteiger partial charge is 0.393 e. The first-order valence-corrected chi connectivity index (χ1v) is 6.69. The van der Waals surface area contributed by atoms with Crippen LogP contribution in [0.1, 0.15) is 22.3 Å². The molecule has 0 radical (unpaired) electrons. The Hall–Kier alpha value is -1.53. The summed E-state index contributed by atoms with van der Waals surface area (Å²) in [6.07, 6.45) is 0.430. The number of aryl methyl sites for hydroxylation is 1. The Morgan fingerprint density at radius 3 is 2.70 bits per heavy atom. The van der Waals surface area contributed by atoms with E-state index in [1.165, 1.54) is 6.07 Å². The highest BCUT2D eigenvalue weighted by molar-refractivity contribution is 7.80. The van der Waals surface area contributed by atoms with Gasteiger partial charge in [-0.15, -0.1) is 0 Å². The minimum absolute atomic E-state index is 0.253. The van der Waals surface area contributed by atoms with Gasteiger partial charge in [0.15, 0.2) is 0 Å². The lowest BCUT2D eigenvalue weighted by Crippen LogP contribution is -2.36. The molecule has 4 nitrogen and oxygen atoms in total. The maximum absolute atomic E-state index is 13.5. The lowest BCUT2D eigenvalue weighted by molar-refractivity contribution is 0.0701. The Morgan fingerprint density at radius 1 is 1.45 bits per heavy atom. The Labute approximate surface area is 123 Å². The van der Waals surface area contributed by atoms with Gasteiger partial charge in [-0.1, -0.05) is 18.3 Å². The van der Waals surface area contributed by atoms with Crippen molar-refractivity contribution in [1.82, 2.24) is 4.90 Å². The number of carbonyl (C=O) groups is 1. The quantitative estimate of drug-likeness (QED) is 0.781. The molecular weight excluding hydrogens is 279 g/mol. The van der Waals surface area contributed by atoms with Crippen molar-refractivity contribution in [2.75, 3.05) is 26.8 Å². The van der Waals surface area contributed by atoms with E-state index in [2.05, 4.69) is 0 Å². The molecule has 0 aliphatic carbocycles. The van der Waals surface area contributed by atoms with E-state index in [1.54, 1.807) is 31.1 Å². The Balaban J connectivity index is 2.84. The lowest BCUT2D eigenvalue weighted by atomic mass is 10.1. The first-order valence-electron chi connectivity index (χ1n) is 6.28. The van der Waals surface area contributed by atoms with E-state index in [9.17, 15) is 9.18 Å². The fraction of sp³-hybridized carbons (Fsp3) is 0.429. The van der Waals surface area contributed by atoms with Gasteiger partial charge < -0.3 is 15.4 Å². The summed E-state index contributed by atoms with van der Waals surface area (Å²) in [7, 11) is 1.56. The van der Waals surface area contributed by atoms with Gasteiger partial charge in [-0.25, -0.2) is 4.39 Å². The average molecular weight is 298 g/mol. The van der Waals surface area contributed by atoms with Crippen LogP contribution in [-0.2, 0) is 4.74 Å². The maximum atomic E-state index is 13.5. The predicted molar refractivity (Wildman–Crippen MR) is 80.3 cm³/mol. The summed E-state index contributed by atoms with van der Waals surface area (Å²) >= 11 is 4.82. The number of carbonyl (C=O) groups excluding carboxylic acids is 1. The van der Waals surface area contributed by atoms with E-state index >= 15 is 0 Å². The minimum atomic E-state index is -0.392. The molecule has 20 heavy (non-hydrogen) atoms. The lowest BCUT2D eigenvalue weighted by Gasteiger charge is -2.22. The topological polar surface area (TPSA) is 55.6 Å². The van der Waals surface area contributed by atoms with Crippen molar-refractivity contribution in [3.63, 3.8) is 0 Å². The molecule has 1 aromatic rings. The molecule has 0 saturated carbocycles. The third-order valence-electron chi connectivity index (χ3n) is 2.90. The molecular formula is C14H19FN2O2S. The van der Waals surface area contributed by atoms with Crippen LogP contribution in [0.25, 0.3) is 0 Å². The number of amides is 1. The second-order valence-corrected chi connectivity index (χ2v) is 4.99. The molecule has 110 valence electrons. The molecule has 0 saturated heterocycles. The molecule has 0 aromatic heterocycles. The van der Waals surface area contributed by atoms with Crippen LogP contribution in [0.2, 0.25) is 0 Å². The highest BCUT2D eigenvalue weighted by Crippen LogP contribution is 2.12. The summed E-state index contributed by atoms with van der Waals surface area (Å²) in [6.45, 7) is 2.86. The van der Waals surface area contributed by atoms with Crippen molar-refractivity contribution in [2.24, 2.45) is 5.73 Å². The molecule has 1 rings (SSSR count). The van der Waals surface area contributed by atoms with Crippen molar-refractivity contribution in [1.29, 1.82) is 0 Å².